The van der Waals surface area contributed by atoms with E-state index in [4.69, 9.17) is 14.3 Å². The SMILES string of the molecule is Brc1cncc(-c2cc(-n3c4ccccc4c4ccccc43)cc(-n3c4ccccc4c4ccccc43)c2)c1.C.C.CC1(C)OB(c2ccc(N(c3ccccc3)c3ccccc3)cc2)OC1(C)C.[HH].c1ccc(N(c2ccccc2)c2ccc(-c3cncc(-c4cc(-n5c6ccccc6c6ccccc65)cc(-n5c6ccccc6c6ccccc65)c4)c3)cc2)cc1. The second kappa shape index (κ2) is 34.1. The maximum Gasteiger partial charge on any atom is 0.494 e. The average Bonchev–Trinajstić information content (AvgIpc) is 1.59. The maximum atomic E-state index is 6.18. The van der Waals surface area contributed by atoms with E-state index in [0.29, 0.717) is 0 Å². The summed E-state index contributed by atoms with van der Waals surface area (Å²) >= 11 is 3.63. The number of rotatable bonds is 14. The van der Waals surface area contributed by atoms with Crippen LogP contribution in [0.1, 0.15) is 44.0 Å². The third-order valence-electron chi connectivity index (χ3n) is 24.5. The number of nitrogens with zero attached hydrogens (tertiary/aromatic N) is 8. The van der Waals surface area contributed by atoms with Crippen LogP contribution in [0.15, 0.2) is 442 Å². The molecule has 0 aliphatic carbocycles. The largest absolute Gasteiger partial charge is 0.494 e. The monoisotopic (exact) mass is 1700 g/mol. The van der Waals surface area contributed by atoms with E-state index < -0.39 is 0 Å². The van der Waals surface area contributed by atoms with Crippen molar-refractivity contribution in [2.24, 2.45) is 0 Å². The predicted molar refractivity (Wildman–Crippen MR) is 537 cm³/mol. The van der Waals surface area contributed by atoms with E-state index in [1.54, 1.807) is 0 Å². The molecule has 0 spiro atoms. The summed E-state index contributed by atoms with van der Waals surface area (Å²) in [6, 6.07) is 147. The molecule has 0 atom stereocenters. The van der Waals surface area contributed by atoms with Gasteiger partial charge in [0.15, 0.2) is 0 Å². The van der Waals surface area contributed by atoms with Crippen molar-refractivity contribution in [3.8, 4) is 56.1 Å². The molecule has 22 aromatic rings. The third-order valence-corrected chi connectivity index (χ3v) is 24.9. The molecule has 0 unspecified atom stereocenters. The van der Waals surface area contributed by atoms with Gasteiger partial charge in [-0.25, -0.2) is 0 Å². The van der Waals surface area contributed by atoms with Gasteiger partial charge in [0.1, 0.15) is 0 Å². The maximum absolute atomic E-state index is 6.18. The number of hydrogen-bond donors (Lipinski definition) is 0. The highest BCUT2D eigenvalue weighted by molar-refractivity contribution is 9.10. The Morgan fingerprint density at radius 1 is 0.246 bits per heavy atom. The molecule has 7 heterocycles. The van der Waals surface area contributed by atoms with E-state index in [-0.39, 0.29) is 34.6 Å². The van der Waals surface area contributed by atoms with Crippen molar-refractivity contribution in [2.45, 2.75) is 53.8 Å². The van der Waals surface area contributed by atoms with Crippen molar-refractivity contribution >= 4 is 150 Å². The minimum absolute atomic E-state index is 0. The molecule has 12 heteroatoms. The van der Waals surface area contributed by atoms with Gasteiger partial charge in [0.25, 0.3) is 0 Å². The van der Waals surface area contributed by atoms with Crippen LogP contribution in [0, 0.1) is 0 Å². The number of benzene rings is 16. The molecule has 612 valence electrons. The second-order valence-electron chi connectivity index (χ2n) is 32.5. The minimum Gasteiger partial charge on any atom is -0.399 e. The summed E-state index contributed by atoms with van der Waals surface area (Å²) in [6.07, 6.45) is 7.72. The Labute approximate surface area is 745 Å². The van der Waals surface area contributed by atoms with Crippen molar-refractivity contribution in [3.05, 3.63) is 442 Å². The lowest BCUT2D eigenvalue weighted by atomic mass is 9.79. The molecule has 16 aromatic carbocycles. The second-order valence-corrected chi connectivity index (χ2v) is 33.5. The zero-order valence-corrected chi connectivity index (χ0v) is 70.5. The summed E-state index contributed by atoms with van der Waals surface area (Å²) in [6.45, 7) is 8.31. The number of para-hydroxylation sites is 12. The number of pyridine rings is 2. The Kier molecular flexibility index (Phi) is 21.8. The molecule has 0 bridgehead atoms. The van der Waals surface area contributed by atoms with Crippen LogP contribution >= 0.6 is 15.9 Å². The van der Waals surface area contributed by atoms with Gasteiger partial charge in [-0.1, -0.05) is 258 Å². The Morgan fingerprint density at radius 3 is 0.754 bits per heavy atom. The predicted octanol–water partition coefficient (Wildman–Crippen LogP) is 30.8. The van der Waals surface area contributed by atoms with Gasteiger partial charge in [0.05, 0.1) is 55.3 Å². The van der Waals surface area contributed by atoms with Gasteiger partial charge in [-0.3, -0.25) is 9.97 Å². The van der Waals surface area contributed by atoms with Crippen LogP contribution in [0.4, 0.5) is 34.1 Å². The van der Waals surface area contributed by atoms with Crippen LogP contribution in [0.3, 0.4) is 0 Å². The summed E-state index contributed by atoms with van der Waals surface area (Å²) in [5.41, 5.74) is 27.4. The van der Waals surface area contributed by atoms with Crippen LogP contribution in [-0.2, 0) is 9.31 Å². The molecular weight excluding hydrogens is 1600 g/mol. The summed E-state index contributed by atoms with van der Waals surface area (Å²) in [7, 11) is -0.346. The Balaban J connectivity index is 0.000000136. The molecule has 23 rings (SSSR count). The lowest BCUT2D eigenvalue weighted by Crippen LogP contribution is -2.41. The zero-order chi connectivity index (χ0) is 83.4. The van der Waals surface area contributed by atoms with Crippen LogP contribution in [0.2, 0.25) is 0 Å². The summed E-state index contributed by atoms with van der Waals surface area (Å²) in [5.74, 6) is 0. The highest BCUT2D eigenvalue weighted by Gasteiger charge is 2.51. The Hall–Kier alpha value is -14.9. The Bertz CT molecular complexity index is 7150. The molecular formula is C114H94BBrN8O2. The molecule has 1 fully saturated rings. The normalized spacial score (nSPS) is 12.7. The van der Waals surface area contributed by atoms with Gasteiger partial charge >= 0.3 is 7.12 Å². The number of fused-ring (bicyclic) bond motifs is 12. The molecule has 0 radical (unpaired) electrons. The quantitative estimate of drug-likeness (QED) is 0.101. The van der Waals surface area contributed by atoms with Gasteiger partial charge in [0.2, 0.25) is 0 Å². The zero-order valence-electron chi connectivity index (χ0n) is 68.9. The van der Waals surface area contributed by atoms with Crippen molar-refractivity contribution in [3.63, 3.8) is 0 Å². The first-order valence-corrected chi connectivity index (χ1v) is 42.9. The van der Waals surface area contributed by atoms with Crippen LogP contribution < -0.4 is 15.3 Å². The minimum atomic E-state index is -0.346. The van der Waals surface area contributed by atoms with Gasteiger partial charge in [-0.15, -0.1) is 0 Å². The van der Waals surface area contributed by atoms with Gasteiger partial charge in [0, 0.05) is 147 Å². The fourth-order valence-corrected chi connectivity index (χ4v) is 18.3. The molecule has 1 aliphatic rings. The van der Waals surface area contributed by atoms with E-state index in [1.807, 2.05) is 36.9 Å². The number of halogens is 1. The molecule has 0 amide bonds. The van der Waals surface area contributed by atoms with Crippen molar-refractivity contribution in [1.29, 1.82) is 0 Å². The van der Waals surface area contributed by atoms with Crippen LogP contribution in [0.25, 0.3) is 143 Å². The highest BCUT2D eigenvalue weighted by Crippen LogP contribution is 2.45. The van der Waals surface area contributed by atoms with E-state index >= 15 is 0 Å². The number of aromatic nitrogens is 6. The molecule has 0 saturated carbocycles. The highest BCUT2D eigenvalue weighted by atomic mass is 79.9. The van der Waals surface area contributed by atoms with Crippen LogP contribution in [-0.4, -0.2) is 46.6 Å². The van der Waals surface area contributed by atoms with Crippen molar-refractivity contribution in [1.82, 2.24) is 28.2 Å². The summed E-state index contributed by atoms with van der Waals surface area (Å²) in [5, 5.41) is 9.96. The number of hydrogen-bond acceptors (Lipinski definition) is 6. The molecule has 10 nitrogen and oxygen atoms in total. The van der Waals surface area contributed by atoms with Gasteiger partial charge < -0.3 is 37.4 Å². The molecule has 1 aliphatic heterocycles. The lowest BCUT2D eigenvalue weighted by molar-refractivity contribution is 0.00578. The fourth-order valence-electron chi connectivity index (χ4n) is 17.9. The Morgan fingerprint density at radius 2 is 0.476 bits per heavy atom. The summed E-state index contributed by atoms with van der Waals surface area (Å²) in [4.78, 5) is 13.9. The standard InChI is InChI=1S/C53H36N4.C35H22BrN3.C24H26BNO2.2CH4.H2/c1-3-15-41(16-4-1)55(42-17-5-2-6-18-42)43-29-27-37(28-30-43)39-31-40(36-54-35-39)38-32-44(56-50-23-11-7-19-46(50)47-20-8-12-24-51(47)56)34-45(33-38)57-52-25-13-9-21-48(52)49-22-10-14-26-53(49)57;36-25-17-24(21-37-22-25)23-18-26(38-32-13-5-1-9-28(32)29-10-2-6-14-33(29)38)20-27(19-23)39-34-15-7-3-11-30(34)31-12-4-8-16-35(31)39;1-23(2)24(3,4)28-25(27-23)19-15-17-22(18-16-19)26(20-11-7-5-8-12-20)21-13-9-6-10-14-21;;;/h1-36H;1-22H;5-18H,1-4H3;2*1H4;1H. The fraction of sp³-hybridized carbons (Fsp3) is 0.0702. The van der Waals surface area contributed by atoms with Gasteiger partial charge in [-0.05, 0) is 236 Å². The smallest absolute Gasteiger partial charge is 0.399 e. The van der Waals surface area contributed by atoms with E-state index in [9.17, 15) is 0 Å². The van der Waals surface area contributed by atoms with Crippen molar-refractivity contribution in [2.75, 3.05) is 9.80 Å². The first-order chi connectivity index (χ1) is 60.9. The van der Waals surface area contributed by atoms with Crippen LogP contribution in [0.5, 0.6) is 0 Å². The first kappa shape index (κ1) is 80.8. The molecule has 126 heavy (non-hydrogen) atoms. The summed E-state index contributed by atoms with van der Waals surface area (Å²) < 4.78 is 22.9. The average molecular weight is 1700 g/mol. The topological polar surface area (TPSA) is 70.4 Å². The molecule has 0 N–H and O–H groups in total. The first-order valence-electron chi connectivity index (χ1n) is 42.1. The molecule has 6 aromatic heterocycles. The van der Waals surface area contributed by atoms with Gasteiger partial charge in [-0.2, -0.15) is 0 Å². The van der Waals surface area contributed by atoms with Crippen molar-refractivity contribution < 1.29 is 10.7 Å². The third kappa shape index (κ3) is 14.9. The molecule has 1 saturated heterocycles. The lowest BCUT2D eigenvalue weighted by Gasteiger charge is -2.32. The van der Waals surface area contributed by atoms with E-state index in [1.165, 1.54) is 87.2 Å². The van der Waals surface area contributed by atoms with E-state index in [2.05, 4.69) is 477 Å². The van der Waals surface area contributed by atoms with E-state index in [0.717, 1.165) is 100 Å². The number of anilines is 6.